The zero-order chi connectivity index (χ0) is 9.46. The molecule has 1 N–H and O–H groups in total. The Morgan fingerprint density at radius 3 is 1.15 bits per heavy atom. The van der Waals surface area contributed by atoms with Gasteiger partial charge in [-0.05, 0) is 0 Å². The summed E-state index contributed by atoms with van der Waals surface area (Å²) in [4.78, 5) is 0. The van der Waals surface area contributed by atoms with Gasteiger partial charge in [-0.25, -0.2) is 13.2 Å². The SMILES string of the molecule is Oc1c(F)c(F)c(F)c(F)c1F.P. The first-order chi connectivity index (χ1) is 5.46. The van der Waals surface area contributed by atoms with Gasteiger partial charge in [-0.2, -0.15) is 18.7 Å². The van der Waals surface area contributed by atoms with E-state index in [0.717, 1.165) is 0 Å². The van der Waals surface area contributed by atoms with Crippen molar-refractivity contribution in [2.24, 2.45) is 0 Å². The van der Waals surface area contributed by atoms with Gasteiger partial charge in [-0.3, -0.25) is 0 Å². The molecule has 1 nitrogen and oxygen atoms in total. The van der Waals surface area contributed by atoms with Gasteiger partial charge in [0, 0.05) is 0 Å². The van der Waals surface area contributed by atoms with Crippen molar-refractivity contribution in [1.82, 2.24) is 0 Å². The number of hydrogen-bond acceptors (Lipinski definition) is 1. The molecule has 1 aromatic rings. The first-order valence-electron chi connectivity index (χ1n) is 2.67. The Balaban J connectivity index is 0.00000144. The summed E-state index contributed by atoms with van der Waals surface area (Å²) in [5.74, 6) is -12.9. The largest absolute Gasteiger partial charge is 0.503 e. The lowest BCUT2D eigenvalue weighted by molar-refractivity contribution is 0.325. The molecule has 0 amide bonds. The van der Waals surface area contributed by atoms with E-state index in [0.29, 0.717) is 0 Å². The molecule has 1 rings (SSSR count). The summed E-state index contributed by atoms with van der Waals surface area (Å²) in [6.45, 7) is 0. The van der Waals surface area contributed by atoms with E-state index in [9.17, 15) is 22.0 Å². The zero-order valence-electron chi connectivity index (χ0n) is 6.04. The van der Waals surface area contributed by atoms with Crippen LogP contribution in [0.2, 0.25) is 0 Å². The monoisotopic (exact) mass is 218 g/mol. The van der Waals surface area contributed by atoms with Crippen LogP contribution < -0.4 is 0 Å². The highest BCUT2D eigenvalue weighted by Crippen LogP contribution is 2.27. The van der Waals surface area contributed by atoms with E-state index in [4.69, 9.17) is 5.11 Å². The zero-order valence-corrected chi connectivity index (χ0v) is 7.46. The maximum atomic E-state index is 12.2. The van der Waals surface area contributed by atoms with Gasteiger partial charge in [0.1, 0.15) is 0 Å². The van der Waals surface area contributed by atoms with E-state index in [-0.39, 0.29) is 9.90 Å². The minimum atomic E-state index is -2.29. The Labute approximate surface area is 72.8 Å². The average Bonchev–Trinajstić information content (AvgIpc) is 2.08. The average molecular weight is 218 g/mol. The van der Waals surface area contributed by atoms with E-state index >= 15 is 0 Å². The molecule has 0 spiro atoms. The predicted octanol–water partition coefficient (Wildman–Crippen LogP) is 2.15. The van der Waals surface area contributed by atoms with Crippen molar-refractivity contribution in [2.75, 3.05) is 0 Å². The van der Waals surface area contributed by atoms with Crippen molar-refractivity contribution in [3.8, 4) is 5.75 Å². The van der Waals surface area contributed by atoms with Crippen molar-refractivity contribution < 1.29 is 27.1 Å². The van der Waals surface area contributed by atoms with Crippen LogP contribution in [0.25, 0.3) is 0 Å². The van der Waals surface area contributed by atoms with Crippen LogP contribution in [0.5, 0.6) is 5.75 Å². The molecule has 1 unspecified atom stereocenters. The number of phenolic OH excluding ortho intramolecular Hbond substituents is 1. The molecule has 0 aliphatic heterocycles. The smallest absolute Gasteiger partial charge is 0.206 e. The Kier molecular flexibility index (Phi) is 3.60. The second-order valence-electron chi connectivity index (χ2n) is 1.92. The fraction of sp³-hybridized carbons (Fsp3) is 0. The van der Waals surface area contributed by atoms with Crippen LogP contribution in [0.1, 0.15) is 0 Å². The fourth-order valence-corrected chi connectivity index (χ4v) is 0.593. The Hall–Kier alpha value is -0.900. The number of benzene rings is 1. The van der Waals surface area contributed by atoms with Crippen LogP contribution in [0.4, 0.5) is 22.0 Å². The van der Waals surface area contributed by atoms with Gasteiger partial charge in [0.25, 0.3) is 0 Å². The third kappa shape index (κ3) is 1.72. The van der Waals surface area contributed by atoms with Crippen LogP contribution in [-0.4, -0.2) is 5.11 Å². The van der Waals surface area contributed by atoms with Gasteiger partial charge in [-0.1, -0.05) is 0 Å². The summed E-state index contributed by atoms with van der Waals surface area (Å²) in [6.07, 6.45) is 0. The van der Waals surface area contributed by atoms with Crippen molar-refractivity contribution in [2.45, 2.75) is 0 Å². The number of rotatable bonds is 0. The summed E-state index contributed by atoms with van der Waals surface area (Å²) in [5, 5.41) is 8.30. The van der Waals surface area contributed by atoms with Gasteiger partial charge >= 0.3 is 0 Å². The van der Waals surface area contributed by atoms with E-state index < -0.39 is 34.8 Å². The highest BCUT2D eigenvalue weighted by Gasteiger charge is 2.24. The van der Waals surface area contributed by atoms with Crippen molar-refractivity contribution >= 4 is 9.90 Å². The van der Waals surface area contributed by atoms with Crippen molar-refractivity contribution in [1.29, 1.82) is 0 Å². The van der Waals surface area contributed by atoms with Gasteiger partial charge in [0.2, 0.25) is 29.1 Å². The molecule has 0 radical (unpaired) electrons. The van der Waals surface area contributed by atoms with E-state index in [1.54, 1.807) is 0 Å². The molecule has 7 heteroatoms. The highest BCUT2D eigenvalue weighted by molar-refractivity contribution is 6.92. The molecule has 0 fully saturated rings. The second kappa shape index (κ2) is 3.87. The highest BCUT2D eigenvalue weighted by atomic mass is 31.0. The third-order valence-corrected chi connectivity index (χ3v) is 1.19. The first kappa shape index (κ1) is 12.1. The van der Waals surface area contributed by atoms with Crippen molar-refractivity contribution in [3.05, 3.63) is 29.1 Å². The summed E-state index contributed by atoms with van der Waals surface area (Å²) in [6, 6.07) is 0. The first-order valence-corrected chi connectivity index (χ1v) is 2.67. The summed E-state index contributed by atoms with van der Waals surface area (Å²) in [5.41, 5.74) is 0. The van der Waals surface area contributed by atoms with Gasteiger partial charge in [0.15, 0.2) is 5.75 Å². The topological polar surface area (TPSA) is 20.2 Å². The van der Waals surface area contributed by atoms with Gasteiger partial charge in [0.05, 0.1) is 0 Å². The quantitative estimate of drug-likeness (QED) is 0.306. The number of hydrogen-bond donors (Lipinski definition) is 1. The molecule has 0 saturated carbocycles. The lowest BCUT2D eigenvalue weighted by Gasteiger charge is -2.00. The Bertz CT molecular complexity index is 235. The van der Waals surface area contributed by atoms with Crippen molar-refractivity contribution in [3.63, 3.8) is 0 Å². The molecule has 0 aliphatic rings. The molecule has 74 valence electrons. The van der Waals surface area contributed by atoms with Crippen LogP contribution in [0.15, 0.2) is 0 Å². The molecular weight excluding hydrogens is 214 g/mol. The molecule has 0 aromatic heterocycles. The van der Waals surface area contributed by atoms with E-state index in [2.05, 4.69) is 0 Å². The predicted molar refractivity (Wildman–Crippen MR) is 39.0 cm³/mol. The van der Waals surface area contributed by atoms with Gasteiger partial charge in [-0.15, -0.1) is 0 Å². The molecular formula is C6H4F5OP. The van der Waals surface area contributed by atoms with Crippen LogP contribution in [0.3, 0.4) is 0 Å². The third-order valence-electron chi connectivity index (χ3n) is 1.19. The molecule has 0 saturated heterocycles. The van der Waals surface area contributed by atoms with Crippen LogP contribution in [0, 0.1) is 29.1 Å². The van der Waals surface area contributed by atoms with Crippen LogP contribution in [-0.2, 0) is 0 Å². The Morgan fingerprint density at radius 1 is 0.615 bits per heavy atom. The minimum Gasteiger partial charge on any atom is -0.503 e. The second-order valence-corrected chi connectivity index (χ2v) is 1.92. The fourth-order valence-electron chi connectivity index (χ4n) is 0.593. The molecule has 13 heavy (non-hydrogen) atoms. The summed E-state index contributed by atoms with van der Waals surface area (Å²) >= 11 is 0. The Morgan fingerprint density at radius 2 is 0.846 bits per heavy atom. The van der Waals surface area contributed by atoms with E-state index in [1.807, 2.05) is 0 Å². The minimum absolute atomic E-state index is 0. The number of phenols is 1. The van der Waals surface area contributed by atoms with E-state index in [1.165, 1.54) is 0 Å². The maximum Gasteiger partial charge on any atom is 0.206 e. The maximum absolute atomic E-state index is 12.2. The summed E-state index contributed by atoms with van der Waals surface area (Å²) in [7, 11) is 0. The normalized spacial score (nSPS) is 9.62. The molecule has 0 heterocycles. The molecule has 0 aliphatic carbocycles. The lowest BCUT2D eigenvalue weighted by atomic mass is 10.3. The summed E-state index contributed by atoms with van der Waals surface area (Å²) < 4.78 is 60.6. The van der Waals surface area contributed by atoms with Gasteiger partial charge < -0.3 is 5.11 Å². The number of halogens is 5. The molecule has 1 aromatic carbocycles. The lowest BCUT2D eigenvalue weighted by Crippen LogP contribution is -2.00. The standard InChI is InChI=1S/C6HF5O.H3P/c7-1-2(8)4(10)6(12)5(11)3(1)9;/h12H;1H3. The molecule has 0 bridgehead atoms. The van der Waals surface area contributed by atoms with Crippen LogP contribution >= 0.6 is 9.90 Å². The molecule has 1 atom stereocenters. The number of aromatic hydroxyl groups is 1.